The van der Waals surface area contributed by atoms with Gasteiger partial charge in [0.25, 0.3) is 0 Å². The Hall–Kier alpha value is -0.780. The molecule has 0 aromatic rings. The van der Waals surface area contributed by atoms with Crippen LogP contribution >= 0.6 is 0 Å². The molecule has 0 spiro atoms. The first-order chi connectivity index (χ1) is 7.42. The van der Waals surface area contributed by atoms with Gasteiger partial charge in [0, 0.05) is 0 Å². The van der Waals surface area contributed by atoms with Gasteiger partial charge >= 0.3 is 0 Å². The Bertz CT molecular complexity index is 155. The van der Waals surface area contributed by atoms with E-state index in [-0.39, 0.29) is 0 Å². The van der Waals surface area contributed by atoms with Gasteiger partial charge in [-0.1, -0.05) is 76.3 Å². The predicted molar refractivity (Wildman–Crippen MR) is 79.9 cm³/mol. The second-order valence-electron chi connectivity index (χ2n) is 4.32. The normalized spacial score (nSPS) is 7.81. The van der Waals surface area contributed by atoms with Gasteiger partial charge in [0.05, 0.1) is 0 Å². The molecular weight excluding hydrogens is 192 g/mol. The number of hydrogen-bond acceptors (Lipinski definition) is 0. The van der Waals surface area contributed by atoms with Crippen molar-refractivity contribution in [3.8, 4) is 0 Å². The molecule has 0 saturated carbocycles. The molecule has 0 N–H and O–H groups in total. The van der Waals surface area contributed by atoms with Crippen LogP contribution in [-0.4, -0.2) is 0 Å². The van der Waals surface area contributed by atoms with Crippen LogP contribution in [0.5, 0.6) is 0 Å². The minimum absolute atomic E-state index is 1.02. The fraction of sp³-hybridized carbons (Fsp3) is 0.625. The monoisotopic (exact) mass is 224 g/mol. The minimum Gasteiger partial charge on any atom is -0.100 e. The van der Waals surface area contributed by atoms with Crippen LogP contribution < -0.4 is 0 Å². The van der Waals surface area contributed by atoms with Crippen LogP contribution in [0.4, 0.5) is 0 Å². The lowest BCUT2D eigenvalue weighted by Gasteiger charge is -1.90. The molecule has 0 aliphatic rings. The Kier molecular flexibility index (Phi) is 25.4. The molecule has 0 fully saturated rings. The molecule has 0 unspecified atom stereocenters. The van der Waals surface area contributed by atoms with Crippen molar-refractivity contribution in [2.75, 3.05) is 0 Å². The molecule has 0 nitrogen and oxygen atoms in total. The summed E-state index contributed by atoms with van der Waals surface area (Å²) in [6, 6.07) is 0. The summed E-state index contributed by atoms with van der Waals surface area (Å²) in [4.78, 5) is 0. The van der Waals surface area contributed by atoms with Crippen molar-refractivity contribution in [3.63, 3.8) is 0 Å². The third-order valence-electron chi connectivity index (χ3n) is 1.56. The molecule has 16 heavy (non-hydrogen) atoms. The predicted octanol–water partition coefficient (Wildman–Crippen LogP) is 6.31. The fourth-order valence-corrected chi connectivity index (χ4v) is 0.677. The molecule has 96 valence electrons. The smallest absolute Gasteiger partial charge is 0.0404 e. The minimum atomic E-state index is 1.02. The molecule has 0 heteroatoms. The van der Waals surface area contributed by atoms with Crippen molar-refractivity contribution in [1.29, 1.82) is 0 Å². The second kappa shape index (κ2) is 19.7. The summed E-state index contributed by atoms with van der Waals surface area (Å²) in [5.41, 5.74) is 2.19. The van der Waals surface area contributed by atoms with Crippen LogP contribution in [0.15, 0.2) is 37.0 Å². The fourth-order valence-electron chi connectivity index (χ4n) is 0.677. The summed E-state index contributed by atoms with van der Waals surface area (Å²) in [5, 5.41) is 0. The highest BCUT2D eigenvalue weighted by Crippen LogP contribution is 2.00. The SMILES string of the molecule is C=C(C)C.C=CC(=C)C.CCCCCCC. The van der Waals surface area contributed by atoms with Crippen molar-refractivity contribution >= 4 is 0 Å². The van der Waals surface area contributed by atoms with Crippen LogP contribution in [0, 0.1) is 0 Å². The number of unbranched alkanes of at least 4 members (excludes halogenated alkanes) is 4. The van der Waals surface area contributed by atoms with Gasteiger partial charge in [-0.25, -0.2) is 0 Å². The Labute approximate surface area is 104 Å². The maximum Gasteiger partial charge on any atom is -0.0404 e. The summed E-state index contributed by atoms with van der Waals surface area (Å²) >= 11 is 0. The Morgan fingerprint density at radius 3 is 1.25 bits per heavy atom. The van der Waals surface area contributed by atoms with Gasteiger partial charge in [-0.05, 0) is 20.8 Å². The van der Waals surface area contributed by atoms with Crippen molar-refractivity contribution in [1.82, 2.24) is 0 Å². The number of allylic oxidation sites excluding steroid dienone is 3. The van der Waals surface area contributed by atoms with E-state index < -0.39 is 0 Å². The topological polar surface area (TPSA) is 0 Å². The zero-order valence-electron chi connectivity index (χ0n) is 12.2. The highest BCUT2D eigenvalue weighted by Gasteiger charge is 1.80. The lowest BCUT2D eigenvalue weighted by atomic mass is 10.2. The van der Waals surface area contributed by atoms with Crippen LogP contribution in [-0.2, 0) is 0 Å². The summed E-state index contributed by atoms with van der Waals surface area (Å²) < 4.78 is 0. The van der Waals surface area contributed by atoms with Gasteiger partial charge in [0.15, 0.2) is 0 Å². The first kappa shape index (κ1) is 20.6. The van der Waals surface area contributed by atoms with Gasteiger partial charge in [-0.2, -0.15) is 0 Å². The summed E-state index contributed by atoms with van der Waals surface area (Å²) in [6.45, 7) is 20.9. The lowest BCUT2D eigenvalue weighted by Crippen LogP contribution is -1.70. The number of rotatable bonds is 5. The van der Waals surface area contributed by atoms with Gasteiger partial charge in [-0.15, -0.1) is 6.58 Å². The molecule has 0 rings (SSSR count). The maximum atomic E-state index is 3.56. The van der Waals surface area contributed by atoms with E-state index in [0.29, 0.717) is 0 Å². The molecule has 0 heterocycles. The van der Waals surface area contributed by atoms with Crippen LogP contribution in [0.3, 0.4) is 0 Å². The molecule has 0 bridgehead atoms. The second-order valence-corrected chi connectivity index (χ2v) is 4.32. The van der Waals surface area contributed by atoms with Crippen molar-refractivity contribution in [2.45, 2.75) is 66.7 Å². The molecule has 0 amide bonds. The lowest BCUT2D eigenvalue weighted by molar-refractivity contribution is 0.656. The first-order valence-electron chi connectivity index (χ1n) is 6.32. The summed E-state index contributed by atoms with van der Waals surface area (Å²) in [5.74, 6) is 0. The van der Waals surface area contributed by atoms with Gasteiger partial charge < -0.3 is 0 Å². The van der Waals surface area contributed by atoms with E-state index in [9.17, 15) is 0 Å². The zero-order chi connectivity index (χ0) is 13.4. The molecule has 0 saturated heterocycles. The van der Waals surface area contributed by atoms with Crippen molar-refractivity contribution in [2.24, 2.45) is 0 Å². The maximum absolute atomic E-state index is 3.56. The van der Waals surface area contributed by atoms with E-state index in [1.54, 1.807) is 6.08 Å². The van der Waals surface area contributed by atoms with Crippen LogP contribution in [0.1, 0.15) is 66.7 Å². The Morgan fingerprint density at radius 1 is 0.875 bits per heavy atom. The van der Waals surface area contributed by atoms with E-state index >= 15 is 0 Å². The highest BCUT2D eigenvalue weighted by atomic mass is 13.9. The van der Waals surface area contributed by atoms with E-state index in [4.69, 9.17) is 0 Å². The van der Waals surface area contributed by atoms with Crippen molar-refractivity contribution < 1.29 is 0 Å². The quantitative estimate of drug-likeness (QED) is 0.292. The van der Waals surface area contributed by atoms with E-state index in [2.05, 4.69) is 33.6 Å². The Balaban J connectivity index is -0.000000166. The largest absolute Gasteiger partial charge is 0.100 e. The van der Waals surface area contributed by atoms with Gasteiger partial charge in [0.1, 0.15) is 0 Å². The molecule has 0 aromatic heterocycles. The average molecular weight is 224 g/mol. The van der Waals surface area contributed by atoms with Crippen molar-refractivity contribution in [3.05, 3.63) is 37.0 Å². The molecular formula is C16H32. The van der Waals surface area contributed by atoms with Crippen LogP contribution in [0.25, 0.3) is 0 Å². The van der Waals surface area contributed by atoms with E-state index in [1.807, 2.05) is 20.8 Å². The molecule has 0 aromatic carbocycles. The first-order valence-corrected chi connectivity index (χ1v) is 6.32. The Morgan fingerprint density at radius 2 is 1.12 bits per heavy atom. The van der Waals surface area contributed by atoms with Crippen LogP contribution in [0.2, 0.25) is 0 Å². The summed E-state index contributed by atoms with van der Waals surface area (Å²) in [6.07, 6.45) is 8.73. The summed E-state index contributed by atoms with van der Waals surface area (Å²) in [7, 11) is 0. The molecule has 0 radical (unpaired) electrons. The van der Waals surface area contributed by atoms with Gasteiger partial charge in [-0.3, -0.25) is 0 Å². The molecule has 0 aliphatic carbocycles. The number of hydrogen-bond donors (Lipinski definition) is 0. The average Bonchev–Trinajstić information content (AvgIpc) is 2.19. The van der Waals surface area contributed by atoms with Gasteiger partial charge in [0.2, 0.25) is 0 Å². The zero-order valence-corrected chi connectivity index (χ0v) is 12.2. The highest BCUT2D eigenvalue weighted by molar-refractivity contribution is 5.05. The van der Waals surface area contributed by atoms with E-state index in [1.165, 1.54) is 37.7 Å². The standard InChI is InChI=1S/C7H16.C5H8.C4H8/c1-3-5-7-6-4-2;1-4-5(2)3;1-4(2)3/h3-7H2,1-2H3;4H,1-2H2,3H3;1H2,2-3H3. The third-order valence-corrected chi connectivity index (χ3v) is 1.56. The van der Waals surface area contributed by atoms with E-state index in [0.717, 1.165) is 5.57 Å². The molecule has 0 aliphatic heterocycles. The molecule has 0 atom stereocenters. The third kappa shape index (κ3) is 72.4.